The number of nitrogens with two attached hydrogens (primary N) is 1. The maximum Gasteiger partial charge on any atom is 0.270 e. The van der Waals surface area contributed by atoms with Crippen LogP contribution in [0.4, 0.5) is 10.1 Å². The first kappa shape index (κ1) is 13.0. The molecule has 0 aliphatic heterocycles. The number of ether oxygens (including phenoxy) is 1. The van der Waals surface area contributed by atoms with Gasteiger partial charge >= 0.3 is 0 Å². The Balaban J connectivity index is 2.10. The molecule has 21 heavy (non-hydrogen) atoms. The summed E-state index contributed by atoms with van der Waals surface area (Å²) in [5.41, 5.74) is 5.99. The van der Waals surface area contributed by atoms with Gasteiger partial charge in [-0.25, -0.2) is 14.4 Å². The number of aromatic nitrogens is 3. The van der Waals surface area contributed by atoms with E-state index < -0.39 is 5.82 Å². The van der Waals surface area contributed by atoms with Crippen molar-refractivity contribution in [3.05, 3.63) is 52.8 Å². The molecule has 0 aliphatic rings. The van der Waals surface area contributed by atoms with Crippen LogP contribution in [-0.2, 0) is 7.05 Å². The number of nitrogen functional groups attached to an aromatic ring is 1. The summed E-state index contributed by atoms with van der Waals surface area (Å²) in [5.74, 6) is 0.0934. The quantitative estimate of drug-likeness (QED) is 0.727. The molecule has 2 heterocycles. The number of hydrogen-bond acceptors (Lipinski definition) is 5. The Morgan fingerprint density at radius 1 is 1.29 bits per heavy atom. The van der Waals surface area contributed by atoms with E-state index in [2.05, 4.69) is 9.97 Å². The van der Waals surface area contributed by atoms with E-state index in [0.29, 0.717) is 16.9 Å². The van der Waals surface area contributed by atoms with Crippen molar-refractivity contribution in [2.75, 3.05) is 5.73 Å². The number of hydrogen-bond donors (Lipinski definition) is 1. The Labute approximate surface area is 118 Å². The van der Waals surface area contributed by atoms with Gasteiger partial charge in [-0.2, -0.15) is 0 Å². The molecule has 2 N–H and O–H groups in total. The van der Waals surface area contributed by atoms with E-state index in [9.17, 15) is 9.18 Å². The van der Waals surface area contributed by atoms with Crippen LogP contribution in [0.3, 0.4) is 0 Å². The van der Waals surface area contributed by atoms with Crippen molar-refractivity contribution < 1.29 is 9.13 Å². The van der Waals surface area contributed by atoms with Crippen LogP contribution in [0.2, 0.25) is 0 Å². The van der Waals surface area contributed by atoms with Crippen molar-refractivity contribution in [1.29, 1.82) is 0 Å². The molecular formula is C14H11FN4O2. The second-order valence-electron chi connectivity index (χ2n) is 4.42. The highest BCUT2D eigenvalue weighted by molar-refractivity contribution is 5.77. The number of anilines is 1. The molecule has 0 unspecified atom stereocenters. The summed E-state index contributed by atoms with van der Waals surface area (Å²) in [6, 6.07) is 5.74. The Morgan fingerprint density at radius 2 is 2.10 bits per heavy atom. The molecule has 6 nitrogen and oxygen atoms in total. The first-order valence-corrected chi connectivity index (χ1v) is 6.10. The van der Waals surface area contributed by atoms with Crippen molar-refractivity contribution >= 4 is 16.9 Å². The molecule has 3 rings (SSSR count). The van der Waals surface area contributed by atoms with Gasteiger partial charge < -0.3 is 10.5 Å². The molecule has 1 aromatic carbocycles. The summed E-state index contributed by atoms with van der Waals surface area (Å²) in [5, 5.41) is 0. The number of nitrogens with zero attached hydrogens (tertiary/aromatic N) is 3. The molecule has 7 heteroatoms. The smallest absolute Gasteiger partial charge is 0.270 e. The Kier molecular flexibility index (Phi) is 3.02. The predicted molar refractivity (Wildman–Crippen MR) is 75.7 cm³/mol. The average Bonchev–Trinajstić information content (AvgIpc) is 2.47. The standard InChI is InChI=1S/C14H11FN4O2/c1-19-12(20)7-18-13-11(4-5-17-14(13)19)21-8-2-3-10(16)9(15)6-8/h2-7H,16H2,1H3. The van der Waals surface area contributed by atoms with Gasteiger partial charge in [0.25, 0.3) is 5.56 Å². The minimum Gasteiger partial charge on any atom is -0.455 e. The monoisotopic (exact) mass is 286 g/mol. The van der Waals surface area contributed by atoms with Gasteiger partial charge in [0, 0.05) is 25.4 Å². The lowest BCUT2D eigenvalue weighted by Gasteiger charge is -2.09. The van der Waals surface area contributed by atoms with E-state index in [4.69, 9.17) is 10.5 Å². The lowest BCUT2D eigenvalue weighted by molar-refractivity contribution is 0.480. The Morgan fingerprint density at radius 3 is 2.86 bits per heavy atom. The summed E-state index contributed by atoms with van der Waals surface area (Å²) in [6.07, 6.45) is 2.67. The number of halogens is 1. The first-order chi connectivity index (χ1) is 10.1. The number of rotatable bonds is 2. The third-order valence-corrected chi connectivity index (χ3v) is 3.02. The molecule has 0 radical (unpaired) electrons. The molecule has 3 aromatic rings. The van der Waals surface area contributed by atoms with E-state index in [1.165, 1.54) is 29.1 Å². The summed E-state index contributed by atoms with van der Waals surface area (Å²) in [7, 11) is 1.59. The van der Waals surface area contributed by atoms with Crippen LogP contribution in [0.1, 0.15) is 0 Å². The van der Waals surface area contributed by atoms with Crippen molar-refractivity contribution in [3.63, 3.8) is 0 Å². The van der Waals surface area contributed by atoms with Crippen molar-refractivity contribution in [3.8, 4) is 11.5 Å². The SMILES string of the molecule is Cn1c(=O)cnc2c(Oc3ccc(N)c(F)c3)ccnc21. The predicted octanol–water partition coefficient (Wildman–Crippen LogP) is 1.84. The normalized spacial score (nSPS) is 10.8. The molecule has 106 valence electrons. The number of aryl methyl sites for hydroxylation is 1. The van der Waals surface area contributed by atoms with Crippen LogP contribution in [0.25, 0.3) is 11.2 Å². The summed E-state index contributed by atoms with van der Waals surface area (Å²) >= 11 is 0. The van der Waals surface area contributed by atoms with Crippen LogP contribution in [0.5, 0.6) is 11.5 Å². The topological polar surface area (TPSA) is 83.0 Å². The second kappa shape index (κ2) is 4.86. The van der Waals surface area contributed by atoms with Crippen molar-refractivity contribution in [2.45, 2.75) is 0 Å². The van der Waals surface area contributed by atoms with Crippen molar-refractivity contribution in [2.24, 2.45) is 7.05 Å². The van der Waals surface area contributed by atoms with Crippen LogP contribution < -0.4 is 16.0 Å². The minimum atomic E-state index is -0.564. The van der Waals surface area contributed by atoms with Gasteiger partial charge in [0.15, 0.2) is 11.4 Å². The van der Waals surface area contributed by atoms with Gasteiger partial charge in [0.2, 0.25) is 0 Å². The van der Waals surface area contributed by atoms with Gasteiger partial charge in [-0.15, -0.1) is 0 Å². The maximum atomic E-state index is 13.4. The fourth-order valence-electron chi connectivity index (χ4n) is 1.88. The second-order valence-corrected chi connectivity index (χ2v) is 4.42. The molecule has 0 spiro atoms. The Hall–Kier alpha value is -2.96. The molecule has 0 fully saturated rings. The molecular weight excluding hydrogens is 275 g/mol. The van der Waals surface area contributed by atoms with E-state index in [0.717, 1.165) is 0 Å². The lowest BCUT2D eigenvalue weighted by Crippen LogP contribution is -2.17. The minimum absolute atomic E-state index is 0.0439. The average molecular weight is 286 g/mol. The highest BCUT2D eigenvalue weighted by Gasteiger charge is 2.10. The zero-order valence-electron chi connectivity index (χ0n) is 11.1. The highest BCUT2D eigenvalue weighted by Crippen LogP contribution is 2.28. The van der Waals surface area contributed by atoms with E-state index >= 15 is 0 Å². The van der Waals surface area contributed by atoms with Gasteiger partial charge in [0.05, 0.1) is 11.9 Å². The van der Waals surface area contributed by atoms with Gasteiger partial charge in [0.1, 0.15) is 17.1 Å². The molecule has 2 aromatic heterocycles. The van der Waals surface area contributed by atoms with E-state index in [1.54, 1.807) is 19.2 Å². The largest absolute Gasteiger partial charge is 0.455 e. The third kappa shape index (κ3) is 2.29. The van der Waals surface area contributed by atoms with Crippen molar-refractivity contribution in [1.82, 2.24) is 14.5 Å². The lowest BCUT2D eigenvalue weighted by atomic mass is 10.3. The fourth-order valence-corrected chi connectivity index (χ4v) is 1.88. The number of fused-ring (bicyclic) bond motifs is 1. The number of benzene rings is 1. The van der Waals surface area contributed by atoms with Gasteiger partial charge in [-0.3, -0.25) is 9.36 Å². The fraction of sp³-hybridized carbons (Fsp3) is 0.0714. The zero-order chi connectivity index (χ0) is 15.0. The van der Waals surface area contributed by atoms with Crippen LogP contribution in [0.15, 0.2) is 41.5 Å². The molecule has 0 saturated carbocycles. The molecule has 0 aliphatic carbocycles. The van der Waals surface area contributed by atoms with Crippen LogP contribution >= 0.6 is 0 Å². The van der Waals surface area contributed by atoms with Gasteiger partial charge in [-0.1, -0.05) is 0 Å². The first-order valence-electron chi connectivity index (χ1n) is 6.10. The van der Waals surface area contributed by atoms with E-state index in [1.807, 2.05) is 0 Å². The molecule has 0 saturated heterocycles. The Bertz CT molecular complexity index is 892. The summed E-state index contributed by atoms with van der Waals surface area (Å²) in [6.45, 7) is 0. The molecule has 0 amide bonds. The third-order valence-electron chi connectivity index (χ3n) is 3.02. The van der Waals surface area contributed by atoms with Gasteiger partial charge in [-0.05, 0) is 12.1 Å². The van der Waals surface area contributed by atoms with Crippen LogP contribution in [0, 0.1) is 5.82 Å². The maximum absolute atomic E-state index is 13.4. The molecule has 0 bridgehead atoms. The molecule has 0 atom stereocenters. The summed E-state index contributed by atoms with van der Waals surface area (Å²) in [4.78, 5) is 19.7. The summed E-state index contributed by atoms with van der Waals surface area (Å²) < 4.78 is 20.4. The number of pyridine rings is 1. The van der Waals surface area contributed by atoms with Crippen LogP contribution in [-0.4, -0.2) is 14.5 Å². The zero-order valence-corrected chi connectivity index (χ0v) is 11.1. The highest BCUT2D eigenvalue weighted by atomic mass is 19.1. The van der Waals surface area contributed by atoms with E-state index in [-0.39, 0.29) is 17.0 Å².